The topological polar surface area (TPSA) is 15.3 Å². The maximum atomic E-state index is 3.73. The van der Waals surface area contributed by atoms with Gasteiger partial charge < -0.3 is 10.2 Å². The highest BCUT2D eigenvalue weighted by atomic mass is 127. The van der Waals surface area contributed by atoms with Crippen molar-refractivity contribution in [1.29, 1.82) is 0 Å². The zero-order valence-corrected chi connectivity index (χ0v) is 13.4. The molecule has 1 aliphatic carbocycles. The minimum Gasteiger partial charge on any atom is -0.369 e. The fourth-order valence-corrected chi connectivity index (χ4v) is 3.40. The zero-order valence-electron chi connectivity index (χ0n) is 9.63. The maximum Gasteiger partial charge on any atom is 0.0521 e. The van der Waals surface area contributed by atoms with Crippen LogP contribution in [-0.4, -0.2) is 25.2 Å². The van der Waals surface area contributed by atoms with Crippen LogP contribution >= 0.6 is 38.5 Å². The van der Waals surface area contributed by atoms with E-state index >= 15 is 0 Å². The van der Waals surface area contributed by atoms with E-state index in [0.29, 0.717) is 6.04 Å². The third-order valence-corrected chi connectivity index (χ3v) is 4.83. The molecule has 1 N–H and O–H groups in total. The highest BCUT2D eigenvalue weighted by Crippen LogP contribution is 2.31. The Hall–Kier alpha value is 0.190. The summed E-state index contributed by atoms with van der Waals surface area (Å²) in [6, 6.07) is 8.07. The van der Waals surface area contributed by atoms with Gasteiger partial charge >= 0.3 is 0 Å². The van der Waals surface area contributed by atoms with Gasteiger partial charge in [0.1, 0.15) is 0 Å². The molecular formula is C13H16BrIN2. The summed E-state index contributed by atoms with van der Waals surface area (Å²) in [6.45, 7) is 2.32. The van der Waals surface area contributed by atoms with Gasteiger partial charge in [0.05, 0.1) is 5.69 Å². The number of halogens is 2. The van der Waals surface area contributed by atoms with Crippen LogP contribution < -0.4 is 10.2 Å². The van der Waals surface area contributed by atoms with Gasteiger partial charge in [0.2, 0.25) is 0 Å². The van der Waals surface area contributed by atoms with Crippen LogP contribution in [0, 0.1) is 3.57 Å². The summed E-state index contributed by atoms with van der Waals surface area (Å²) in [5, 5.41) is 3.73. The Balaban J connectivity index is 1.69. The quantitative estimate of drug-likeness (QED) is 0.774. The molecule has 1 saturated heterocycles. The van der Waals surface area contributed by atoms with Gasteiger partial charge in [-0.3, -0.25) is 0 Å². The molecule has 17 heavy (non-hydrogen) atoms. The van der Waals surface area contributed by atoms with Crippen LogP contribution in [0.3, 0.4) is 0 Å². The zero-order chi connectivity index (χ0) is 11.8. The molecule has 0 bridgehead atoms. The molecule has 1 atom stereocenters. The Morgan fingerprint density at radius 2 is 2.06 bits per heavy atom. The minimum atomic E-state index is 0.687. The Bertz CT molecular complexity index is 420. The predicted octanol–water partition coefficient (Wildman–Crippen LogP) is 3.38. The molecule has 1 saturated carbocycles. The van der Waals surface area contributed by atoms with Crippen LogP contribution in [0.25, 0.3) is 0 Å². The van der Waals surface area contributed by atoms with Crippen LogP contribution in [0.2, 0.25) is 0 Å². The Morgan fingerprint density at radius 1 is 1.24 bits per heavy atom. The Kier molecular flexibility index (Phi) is 3.64. The van der Waals surface area contributed by atoms with E-state index in [4.69, 9.17) is 0 Å². The van der Waals surface area contributed by atoms with E-state index < -0.39 is 0 Å². The van der Waals surface area contributed by atoms with E-state index in [1.165, 1.54) is 39.5 Å². The van der Waals surface area contributed by atoms with Crippen molar-refractivity contribution in [3.63, 3.8) is 0 Å². The van der Waals surface area contributed by atoms with E-state index in [9.17, 15) is 0 Å². The maximum absolute atomic E-state index is 3.73. The predicted molar refractivity (Wildman–Crippen MR) is 83.6 cm³/mol. The summed E-state index contributed by atoms with van der Waals surface area (Å²) in [5.41, 5.74) is 1.34. The van der Waals surface area contributed by atoms with Crippen molar-refractivity contribution in [2.45, 2.75) is 31.3 Å². The van der Waals surface area contributed by atoms with E-state index in [2.05, 4.69) is 66.9 Å². The highest BCUT2D eigenvalue weighted by molar-refractivity contribution is 14.1. The minimum absolute atomic E-state index is 0.687. The summed E-state index contributed by atoms with van der Waals surface area (Å²) in [5.74, 6) is 0. The molecule has 1 aromatic carbocycles. The summed E-state index contributed by atoms with van der Waals surface area (Å²) < 4.78 is 2.52. The lowest BCUT2D eigenvalue weighted by Gasteiger charge is -2.21. The summed E-state index contributed by atoms with van der Waals surface area (Å²) in [7, 11) is 0. The van der Waals surface area contributed by atoms with Gasteiger partial charge in [0.25, 0.3) is 0 Å². The van der Waals surface area contributed by atoms with Crippen molar-refractivity contribution in [2.75, 3.05) is 18.0 Å². The molecule has 4 heteroatoms. The van der Waals surface area contributed by atoms with Gasteiger partial charge in [-0.2, -0.15) is 0 Å². The second-order valence-corrected chi connectivity index (χ2v) is 7.07. The number of rotatable bonds is 3. The van der Waals surface area contributed by atoms with Crippen LogP contribution in [0.1, 0.15) is 19.3 Å². The van der Waals surface area contributed by atoms with Gasteiger partial charge in [-0.25, -0.2) is 0 Å². The fraction of sp³-hybridized carbons (Fsp3) is 0.538. The largest absolute Gasteiger partial charge is 0.369 e. The number of hydrogen-bond donors (Lipinski definition) is 1. The van der Waals surface area contributed by atoms with E-state index in [1.54, 1.807) is 0 Å². The molecule has 0 amide bonds. The first-order chi connectivity index (χ1) is 8.22. The Morgan fingerprint density at radius 3 is 2.82 bits per heavy atom. The molecule has 0 spiro atoms. The lowest BCUT2D eigenvalue weighted by Crippen LogP contribution is -2.34. The molecule has 2 fully saturated rings. The summed E-state index contributed by atoms with van der Waals surface area (Å²) in [4.78, 5) is 2.49. The van der Waals surface area contributed by atoms with Gasteiger partial charge in [0, 0.05) is 33.2 Å². The number of anilines is 1. The van der Waals surface area contributed by atoms with Crippen molar-refractivity contribution in [3.8, 4) is 0 Å². The number of benzene rings is 1. The van der Waals surface area contributed by atoms with Gasteiger partial charge in [-0.15, -0.1) is 0 Å². The Labute approximate surface area is 124 Å². The highest BCUT2D eigenvalue weighted by Gasteiger charge is 2.29. The fourth-order valence-electron chi connectivity index (χ4n) is 2.43. The monoisotopic (exact) mass is 406 g/mol. The lowest BCUT2D eigenvalue weighted by atomic mass is 10.2. The van der Waals surface area contributed by atoms with Gasteiger partial charge in [-0.1, -0.05) is 0 Å². The molecule has 1 aromatic rings. The lowest BCUT2D eigenvalue weighted by molar-refractivity contribution is 0.548. The average molecular weight is 407 g/mol. The summed E-state index contributed by atoms with van der Waals surface area (Å²) in [6.07, 6.45) is 4.03. The normalized spacial score (nSPS) is 24.4. The number of hydrogen-bond acceptors (Lipinski definition) is 2. The molecule has 2 aliphatic rings. The first-order valence-electron chi connectivity index (χ1n) is 6.18. The van der Waals surface area contributed by atoms with E-state index in [1.807, 2.05) is 0 Å². The molecule has 1 unspecified atom stereocenters. The van der Waals surface area contributed by atoms with Crippen molar-refractivity contribution in [2.24, 2.45) is 0 Å². The van der Waals surface area contributed by atoms with Crippen molar-refractivity contribution < 1.29 is 0 Å². The third kappa shape index (κ3) is 2.96. The van der Waals surface area contributed by atoms with Gasteiger partial charge in [-0.05, 0) is 76.0 Å². The molecule has 1 heterocycles. The molecule has 2 nitrogen and oxygen atoms in total. The SMILES string of the molecule is Brc1ccc(I)cc1N1CCC(NC2CC2)C1. The second-order valence-electron chi connectivity index (χ2n) is 4.97. The standard InChI is InChI=1S/C13H16BrIN2/c14-12-4-1-9(15)7-13(12)17-6-5-11(8-17)16-10-2-3-10/h1,4,7,10-11,16H,2-3,5-6,8H2. The summed E-state index contributed by atoms with van der Waals surface area (Å²) >= 11 is 6.04. The third-order valence-electron chi connectivity index (χ3n) is 3.49. The van der Waals surface area contributed by atoms with Crippen molar-refractivity contribution in [1.82, 2.24) is 5.32 Å². The van der Waals surface area contributed by atoms with Gasteiger partial charge in [0.15, 0.2) is 0 Å². The van der Waals surface area contributed by atoms with Crippen molar-refractivity contribution >= 4 is 44.2 Å². The van der Waals surface area contributed by atoms with E-state index in [-0.39, 0.29) is 0 Å². The molecule has 1 aliphatic heterocycles. The van der Waals surface area contributed by atoms with Crippen LogP contribution in [-0.2, 0) is 0 Å². The molecule has 92 valence electrons. The number of nitrogens with one attached hydrogen (secondary N) is 1. The van der Waals surface area contributed by atoms with E-state index in [0.717, 1.165) is 12.6 Å². The van der Waals surface area contributed by atoms with Crippen LogP contribution in [0.15, 0.2) is 22.7 Å². The first kappa shape index (κ1) is 12.2. The van der Waals surface area contributed by atoms with Crippen LogP contribution in [0.4, 0.5) is 5.69 Å². The number of nitrogens with zero attached hydrogens (tertiary/aromatic N) is 1. The first-order valence-corrected chi connectivity index (χ1v) is 8.05. The van der Waals surface area contributed by atoms with Crippen LogP contribution in [0.5, 0.6) is 0 Å². The smallest absolute Gasteiger partial charge is 0.0521 e. The molecular weight excluding hydrogens is 391 g/mol. The second kappa shape index (κ2) is 5.05. The molecule has 0 radical (unpaired) electrons. The molecule has 0 aromatic heterocycles. The molecule has 3 rings (SSSR count). The van der Waals surface area contributed by atoms with Crippen molar-refractivity contribution in [3.05, 3.63) is 26.2 Å². The average Bonchev–Trinajstić information content (AvgIpc) is 2.99.